The van der Waals surface area contributed by atoms with Gasteiger partial charge in [-0.3, -0.25) is 4.90 Å². The van der Waals surface area contributed by atoms with Crippen molar-refractivity contribution in [2.75, 3.05) is 31.6 Å². The highest BCUT2D eigenvalue weighted by Gasteiger charge is 2.24. The summed E-state index contributed by atoms with van der Waals surface area (Å²) < 4.78 is 13.2. The molecule has 0 aromatic rings. The van der Waals surface area contributed by atoms with Crippen LogP contribution in [0.25, 0.3) is 0 Å². The fraction of sp³-hybridized carbons (Fsp3) is 1.00. The van der Waals surface area contributed by atoms with Crippen LogP contribution >= 0.6 is 11.8 Å². The van der Waals surface area contributed by atoms with Crippen molar-refractivity contribution in [1.82, 2.24) is 4.90 Å². The van der Waals surface area contributed by atoms with Crippen LogP contribution in [-0.4, -0.2) is 42.7 Å². The molecular weight excluding hydrogens is 173 g/mol. The normalized spacial score (nSPS) is 32.2. The molecule has 1 rings (SSSR count). The summed E-state index contributed by atoms with van der Waals surface area (Å²) in [5.74, 6) is 1.40. The zero-order valence-electron chi connectivity index (χ0n) is 7.92. The number of hydrogen-bond acceptors (Lipinski definition) is 2. The minimum atomic E-state index is -0.597. The smallest absolute Gasteiger partial charge is 0.115 e. The van der Waals surface area contributed by atoms with Crippen molar-refractivity contribution in [3.63, 3.8) is 0 Å². The molecule has 1 aliphatic heterocycles. The van der Waals surface area contributed by atoms with Gasteiger partial charge in [-0.25, -0.2) is 4.39 Å². The third-order valence-electron chi connectivity index (χ3n) is 2.56. The summed E-state index contributed by atoms with van der Waals surface area (Å²) in [4.78, 5) is 2.24. The maximum absolute atomic E-state index is 13.2. The first kappa shape index (κ1) is 10.3. The van der Waals surface area contributed by atoms with Crippen LogP contribution in [0, 0.1) is 5.92 Å². The van der Waals surface area contributed by atoms with Gasteiger partial charge in [0, 0.05) is 18.8 Å². The van der Waals surface area contributed by atoms with Crippen LogP contribution in [0.1, 0.15) is 13.3 Å². The summed E-state index contributed by atoms with van der Waals surface area (Å²) in [5.41, 5.74) is 0. The minimum Gasteiger partial charge on any atom is -0.300 e. The van der Waals surface area contributed by atoms with Gasteiger partial charge in [0.15, 0.2) is 0 Å². The highest BCUT2D eigenvalue weighted by molar-refractivity contribution is 7.98. The van der Waals surface area contributed by atoms with E-state index in [1.165, 1.54) is 0 Å². The van der Waals surface area contributed by atoms with Crippen LogP contribution in [0.15, 0.2) is 0 Å². The fourth-order valence-corrected chi connectivity index (χ4v) is 1.95. The van der Waals surface area contributed by atoms with E-state index in [0.29, 0.717) is 6.54 Å². The van der Waals surface area contributed by atoms with Crippen molar-refractivity contribution in [2.24, 2.45) is 5.92 Å². The van der Waals surface area contributed by atoms with E-state index < -0.39 is 6.17 Å². The fourth-order valence-electron chi connectivity index (χ4n) is 1.51. The summed E-state index contributed by atoms with van der Waals surface area (Å²) in [5, 5.41) is 0. The molecular formula is C9H18FNS. The van der Waals surface area contributed by atoms with Gasteiger partial charge in [-0.15, -0.1) is 0 Å². The monoisotopic (exact) mass is 191 g/mol. The van der Waals surface area contributed by atoms with Crippen molar-refractivity contribution in [3.8, 4) is 0 Å². The molecule has 0 radical (unpaired) electrons. The lowest BCUT2D eigenvalue weighted by atomic mass is 9.97. The average Bonchev–Trinajstić information content (AvgIpc) is 2.07. The molecule has 3 heteroatoms. The second-order valence-electron chi connectivity index (χ2n) is 3.58. The molecule has 1 heterocycles. The molecule has 2 unspecified atom stereocenters. The largest absolute Gasteiger partial charge is 0.300 e. The molecule has 0 amide bonds. The van der Waals surface area contributed by atoms with E-state index in [9.17, 15) is 4.39 Å². The Morgan fingerprint density at radius 2 is 2.33 bits per heavy atom. The highest BCUT2D eigenvalue weighted by atomic mass is 32.2. The molecule has 0 aliphatic carbocycles. The van der Waals surface area contributed by atoms with Crippen molar-refractivity contribution in [3.05, 3.63) is 0 Å². The Labute approximate surface area is 78.7 Å². The second kappa shape index (κ2) is 5.07. The van der Waals surface area contributed by atoms with Crippen LogP contribution < -0.4 is 0 Å². The number of nitrogens with zero attached hydrogens (tertiary/aromatic N) is 1. The average molecular weight is 191 g/mol. The molecule has 0 bridgehead atoms. The van der Waals surface area contributed by atoms with Gasteiger partial charge in [0.2, 0.25) is 0 Å². The summed E-state index contributed by atoms with van der Waals surface area (Å²) in [6.45, 7) is 4.80. The van der Waals surface area contributed by atoms with Crippen molar-refractivity contribution < 1.29 is 4.39 Å². The molecule has 1 nitrogen and oxygen atoms in total. The number of halogens is 1. The third-order valence-corrected chi connectivity index (χ3v) is 3.15. The summed E-state index contributed by atoms with van der Waals surface area (Å²) in [6, 6.07) is 0. The third kappa shape index (κ3) is 2.94. The van der Waals surface area contributed by atoms with E-state index >= 15 is 0 Å². The van der Waals surface area contributed by atoms with Crippen LogP contribution in [0.2, 0.25) is 0 Å². The summed E-state index contributed by atoms with van der Waals surface area (Å²) in [6.07, 6.45) is 2.52. The van der Waals surface area contributed by atoms with E-state index in [0.717, 1.165) is 25.3 Å². The van der Waals surface area contributed by atoms with E-state index in [1.54, 1.807) is 0 Å². The number of thioether (sulfide) groups is 1. The first-order valence-electron chi connectivity index (χ1n) is 4.59. The number of hydrogen-bond donors (Lipinski definition) is 0. The molecule has 1 saturated heterocycles. The van der Waals surface area contributed by atoms with E-state index in [1.807, 2.05) is 18.7 Å². The van der Waals surface area contributed by atoms with Crippen molar-refractivity contribution in [2.45, 2.75) is 19.5 Å². The van der Waals surface area contributed by atoms with Gasteiger partial charge >= 0.3 is 0 Å². The molecule has 0 spiro atoms. The lowest BCUT2D eigenvalue weighted by molar-refractivity contribution is 0.0983. The van der Waals surface area contributed by atoms with E-state index in [-0.39, 0.29) is 5.92 Å². The van der Waals surface area contributed by atoms with Gasteiger partial charge < -0.3 is 0 Å². The molecule has 0 saturated carbocycles. The maximum Gasteiger partial charge on any atom is 0.115 e. The molecule has 12 heavy (non-hydrogen) atoms. The maximum atomic E-state index is 13.2. The Balaban J connectivity index is 2.21. The number of alkyl halides is 1. The van der Waals surface area contributed by atoms with Crippen LogP contribution in [0.3, 0.4) is 0 Å². The predicted octanol–water partition coefficient (Wildman–Crippen LogP) is 2.03. The SMILES string of the molecule is CSCCN1CCC(C)C(F)C1. The van der Waals surface area contributed by atoms with Gasteiger partial charge in [-0.1, -0.05) is 6.92 Å². The molecule has 1 aliphatic rings. The predicted molar refractivity (Wildman–Crippen MR) is 53.5 cm³/mol. The molecule has 0 aromatic carbocycles. The Morgan fingerprint density at radius 3 is 2.92 bits per heavy atom. The van der Waals surface area contributed by atoms with E-state index in [4.69, 9.17) is 0 Å². The van der Waals surface area contributed by atoms with Gasteiger partial charge in [-0.05, 0) is 25.1 Å². The Bertz CT molecular complexity index is 130. The first-order valence-corrected chi connectivity index (χ1v) is 5.98. The standard InChI is InChI=1S/C9H18FNS/c1-8-3-4-11(5-6-12-2)7-9(8)10/h8-9H,3-7H2,1-2H3. The summed E-state index contributed by atoms with van der Waals surface area (Å²) in [7, 11) is 0. The van der Waals surface area contributed by atoms with Gasteiger partial charge in [-0.2, -0.15) is 11.8 Å². The van der Waals surface area contributed by atoms with Crippen molar-refractivity contribution in [1.29, 1.82) is 0 Å². The number of likely N-dealkylation sites (tertiary alicyclic amines) is 1. The van der Waals surface area contributed by atoms with Gasteiger partial charge in [0.05, 0.1) is 0 Å². The summed E-state index contributed by atoms with van der Waals surface area (Å²) >= 11 is 1.83. The molecule has 72 valence electrons. The minimum absolute atomic E-state index is 0.274. The second-order valence-corrected chi connectivity index (χ2v) is 4.56. The van der Waals surface area contributed by atoms with Gasteiger partial charge in [0.25, 0.3) is 0 Å². The zero-order chi connectivity index (χ0) is 8.97. The Hall–Kier alpha value is 0.240. The lowest BCUT2D eigenvalue weighted by Gasteiger charge is -2.32. The molecule has 0 aromatic heterocycles. The topological polar surface area (TPSA) is 3.24 Å². The number of piperidine rings is 1. The molecule has 1 fully saturated rings. The quantitative estimate of drug-likeness (QED) is 0.671. The zero-order valence-corrected chi connectivity index (χ0v) is 8.74. The van der Waals surface area contributed by atoms with Crippen LogP contribution in [0.5, 0.6) is 0 Å². The number of rotatable bonds is 3. The van der Waals surface area contributed by atoms with Crippen LogP contribution in [-0.2, 0) is 0 Å². The van der Waals surface area contributed by atoms with Gasteiger partial charge in [0.1, 0.15) is 6.17 Å². The highest BCUT2D eigenvalue weighted by Crippen LogP contribution is 2.19. The van der Waals surface area contributed by atoms with Crippen molar-refractivity contribution >= 4 is 11.8 Å². The lowest BCUT2D eigenvalue weighted by Crippen LogP contribution is -2.41. The molecule has 0 N–H and O–H groups in total. The van der Waals surface area contributed by atoms with E-state index in [2.05, 4.69) is 11.2 Å². The Morgan fingerprint density at radius 1 is 1.58 bits per heavy atom. The molecule has 2 atom stereocenters. The first-order chi connectivity index (χ1) is 5.74. The van der Waals surface area contributed by atoms with Crippen LogP contribution in [0.4, 0.5) is 4.39 Å². The Kier molecular flexibility index (Phi) is 4.36.